The molecule has 1 amide bonds. The Hall–Kier alpha value is -1.38. The highest BCUT2D eigenvalue weighted by atomic mass is 32.1. The molecule has 0 aromatic carbocycles. The number of nitriles is 1. The summed E-state index contributed by atoms with van der Waals surface area (Å²) in [5.74, 6) is 0.652. The van der Waals surface area contributed by atoms with Gasteiger partial charge in [-0.25, -0.2) is 0 Å². The van der Waals surface area contributed by atoms with Crippen LogP contribution in [0.15, 0.2) is 16.8 Å². The molecule has 0 bridgehead atoms. The average molecular weight is 346 g/mol. The zero-order chi connectivity index (χ0) is 17.0. The van der Waals surface area contributed by atoms with Crippen molar-refractivity contribution < 1.29 is 4.79 Å². The maximum absolute atomic E-state index is 12.7. The van der Waals surface area contributed by atoms with Gasteiger partial charge >= 0.3 is 0 Å². The molecule has 1 saturated carbocycles. The summed E-state index contributed by atoms with van der Waals surface area (Å²) >= 11 is 1.76. The Morgan fingerprint density at radius 2 is 2.08 bits per heavy atom. The molecule has 4 nitrogen and oxygen atoms in total. The molecule has 1 saturated heterocycles. The van der Waals surface area contributed by atoms with E-state index in [1.165, 1.54) is 12.0 Å². The standard InChI is InChI=1S/C19H27N3OS/c1-15(18(23)21-19(14-20)8-3-2-4-9-19)22-10-5-16(6-11-22)17-7-12-24-13-17/h7,12-13,15-16H,2-6,8-11H2,1H3,(H,21,23). The van der Waals surface area contributed by atoms with Gasteiger partial charge in [-0.15, -0.1) is 0 Å². The molecule has 0 radical (unpaired) electrons. The first-order valence-electron chi connectivity index (χ1n) is 9.13. The zero-order valence-corrected chi connectivity index (χ0v) is 15.3. The van der Waals surface area contributed by atoms with Gasteiger partial charge in [0.1, 0.15) is 5.54 Å². The molecule has 1 aromatic rings. The Morgan fingerprint density at radius 1 is 1.38 bits per heavy atom. The van der Waals surface area contributed by atoms with E-state index in [4.69, 9.17) is 0 Å². The van der Waals surface area contributed by atoms with Crippen LogP contribution < -0.4 is 5.32 Å². The molecular weight excluding hydrogens is 318 g/mol. The quantitative estimate of drug-likeness (QED) is 0.906. The van der Waals surface area contributed by atoms with Crippen molar-refractivity contribution in [3.05, 3.63) is 22.4 Å². The largest absolute Gasteiger partial charge is 0.336 e. The van der Waals surface area contributed by atoms with Crippen LogP contribution in [0.5, 0.6) is 0 Å². The van der Waals surface area contributed by atoms with E-state index in [1.807, 2.05) is 6.92 Å². The molecule has 2 fully saturated rings. The Labute approximate surface area is 148 Å². The van der Waals surface area contributed by atoms with E-state index >= 15 is 0 Å². The van der Waals surface area contributed by atoms with Gasteiger partial charge in [0, 0.05) is 0 Å². The van der Waals surface area contributed by atoms with Crippen molar-refractivity contribution in [3.63, 3.8) is 0 Å². The third-order valence-corrected chi connectivity index (χ3v) is 6.46. The summed E-state index contributed by atoms with van der Waals surface area (Å²) in [5.41, 5.74) is 0.820. The predicted molar refractivity (Wildman–Crippen MR) is 96.9 cm³/mol. The fourth-order valence-corrected chi connectivity index (χ4v) is 4.80. The van der Waals surface area contributed by atoms with E-state index in [0.717, 1.165) is 51.6 Å². The van der Waals surface area contributed by atoms with Crippen molar-refractivity contribution in [1.29, 1.82) is 5.26 Å². The van der Waals surface area contributed by atoms with Crippen LogP contribution in [0.4, 0.5) is 0 Å². The first kappa shape index (κ1) is 17.4. The van der Waals surface area contributed by atoms with Gasteiger partial charge in [0.15, 0.2) is 0 Å². The van der Waals surface area contributed by atoms with Gasteiger partial charge in [-0.3, -0.25) is 9.69 Å². The van der Waals surface area contributed by atoms with Gasteiger partial charge in [-0.2, -0.15) is 16.6 Å². The lowest BCUT2D eigenvalue weighted by molar-refractivity contribution is -0.128. The number of carbonyl (C=O) groups is 1. The molecule has 130 valence electrons. The van der Waals surface area contributed by atoms with Crippen LogP contribution in [0.2, 0.25) is 0 Å². The Kier molecular flexibility index (Phi) is 5.57. The second-order valence-corrected chi connectivity index (χ2v) is 8.07. The van der Waals surface area contributed by atoms with E-state index < -0.39 is 5.54 Å². The highest BCUT2D eigenvalue weighted by Gasteiger charge is 2.36. The summed E-state index contributed by atoms with van der Waals surface area (Å²) < 4.78 is 0. The first-order chi connectivity index (χ1) is 11.6. The van der Waals surface area contributed by atoms with Gasteiger partial charge in [0.2, 0.25) is 5.91 Å². The van der Waals surface area contributed by atoms with Crippen molar-refractivity contribution in [1.82, 2.24) is 10.2 Å². The lowest BCUT2D eigenvalue weighted by Gasteiger charge is -2.38. The molecule has 1 N–H and O–H groups in total. The molecule has 1 aliphatic carbocycles. The molecule has 1 aromatic heterocycles. The molecule has 1 aliphatic heterocycles. The van der Waals surface area contributed by atoms with Crippen LogP contribution in [0.25, 0.3) is 0 Å². The summed E-state index contributed by atoms with van der Waals surface area (Å²) in [6.45, 7) is 3.89. The lowest BCUT2D eigenvalue weighted by atomic mass is 9.82. The van der Waals surface area contributed by atoms with Gasteiger partial charge in [0.25, 0.3) is 0 Å². The number of thiophene rings is 1. The summed E-state index contributed by atoms with van der Waals surface area (Å²) in [5, 5.41) is 17.0. The molecule has 24 heavy (non-hydrogen) atoms. The lowest BCUT2D eigenvalue weighted by Crippen LogP contribution is -2.55. The van der Waals surface area contributed by atoms with E-state index in [9.17, 15) is 10.1 Å². The fourth-order valence-electron chi connectivity index (χ4n) is 4.05. The molecule has 1 atom stereocenters. The topological polar surface area (TPSA) is 56.1 Å². The summed E-state index contributed by atoms with van der Waals surface area (Å²) in [6, 6.07) is 4.45. The van der Waals surface area contributed by atoms with Crippen LogP contribution in [-0.4, -0.2) is 35.5 Å². The Morgan fingerprint density at radius 3 is 2.67 bits per heavy atom. The minimum atomic E-state index is -0.626. The van der Waals surface area contributed by atoms with E-state index in [0.29, 0.717) is 5.92 Å². The Bertz CT molecular complexity index is 578. The van der Waals surface area contributed by atoms with Crippen molar-refractivity contribution in [2.75, 3.05) is 13.1 Å². The second kappa shape index (κ2) is 7.67. The summed E-state index contributed by atoms with van der Waals surface area (Å²) in [6.07, 6.45) is 7.05. The number of nitrogens with one attached hydrogen (secondary N) is 1. The predicted octanol–water partition coefficient (Wildman–Crippen LogP) is 3.66. The third kappa shape index (κ3) is 3.81. The zero-order valence-electron chi connectivity index (χ0n) is 14.5. The average Bonchev–Trinajstić information content (AvgIpc) is 3.16. The van der Waals surface area contributed by atoms with Crippen molar-refractivity contribution in [2.45, 2.75) is 69.4 Å². The van der Waals surface area contributed by atoms with Crippen LogP contribution in [0, 0.1) is 11.3 Å². The van der Waals surface area contributed by atoms with Gasteiger partial charge in [-0.1, -0.05) is 19.3 Å². The van der Waals surface area contributed by atoms with Gasteiger partial charge in [-0.05, 0) is 74.0 Å². The molecule has 2 heterocycles. The van der Waals surface area contributed by atoms with Gasteiger partial charge < -0.3 is 5.32 Å². The van der Waals surface area contributed by atoms with Crippen molar-refractivity contribution in [3.8, 4) is 6.07 Å². The van der Waals surface area contributed by atoms with E-state index in [2.05, 4.69) is 33.1 Å². The van der Waals surface area contributed by atoms with Crippen LogP contribution in [0.1, 0.15) is 63.4 Å². The maximum Gasteiger partial charge on any atom is 0.238 e. The minimum Gasteiger partial charge on any atom is -0.336 e. The monoisotopic (exact) mass is 345 g/mol. The number of rotatable bonds is 4. The second-order valence-electron chi connectivity index (χ2n) is 7.29. The number of likely N-dealkylation sites (tertiary alicyclic amines) is 1. The van der Waals surface area contributed by atoms with E-state index in [1.54, 1.807) is 11.3 Å². The summed E-state index contributed by atoms with van der Waals surface area (Å²) in [7, 11) is 0. The van der Waals surface area contributed by atoms with Crippen LogP contribution in [0.3, 0.4) is 0 Å². The number of nitrogens with zero attached hydrogens (tertiary/aromatic N) is 2. The minimum absolute atomic E-state index is 0.0208. The number of hydrogen-bond acceptors (Lipinski definition) is 4. The molecule has 0 spiro atoms. The molecule has 3 rings (SSSR count). The van der Waals surface area contributed by atoms with Crippen LogP contribution >= 0.6 is 11.3 Å². The molecular formula is C19H27N3OS. The van der Waals surface area contributed by atoms with E-state index in [-0.39, 0.29) is 11.9 Å². The highest BCUT2D eigenvalue weighted by Crippen LogP contribution is 2.31. The molecule has 1 unspecified atom stereocenters. The van der Waals surface area contributed by atoms with Gasteiger partial charge in [0.05, 0.1) is 12.1 Å². The smallest absolute Gasteiger partial charge is 0.238 e. The molecule has 5 heteroatoms. The maximum atomic E-state index is 12.7. The third-order valence-electron chi connectivity index (χ3n) is 5.75. The van der Waals surface area contributed by atoms with Crippen molar-refractivity contribution >= 4 is 17.2 Å². The molecule has 2 aliphatic rings. The normalized spacial score (nSPS) is 23.3. The number of hydrogen-bond donors (Lipinski definition) is 1. The van der Waals surface area contributed by atoms with Crippen LogP contribution in [-0.2, 0) is 4.79 Å². The SMILES string of the molecule is CC(C(=O)NC1(C#N)CCCCC1)N1CCC(c2ccsc2)CC1. The first-order valence-corrected chi connectivity index (χ1v) is 10.1. The fraction of sp³-hybridized carbons (Fsp3) is 0.684. The summed E-state index contributed by atoms with van der Waals surface area (Å²) in [4.78, 5) is 15.0. The number of carbonyl (C=O) groups excluding carboxylic acids is 1. The Balaban J connectivity index is 1.54. The van der Waals surface area contributed by atoms with Crippen molar-refractivity contribution in [2.24, 2.45) is 0 Å². The number of piperidine rings is 1. The number of amides is 1. The highest BCUT2D eigenvalue weighted by molar-refractivity contribution is 7.07.